The van der Waals surface area contributed by atoms with Crippen LogP contribution in [0.5, 0.6) is 5.75 Å². The third kappa shape index (κ3) is 8.40. The van der Waals surface area contributed by atoms with Gasteiger partial charge in [-0.05, 0) is 121 Å². The van der Waals surface area contributed by atoms with Gasteiger partial charge >= 0.3 is 0 Å². The molecule has 2 atom stereocenters. The van der Waals surface area contributed by atoms with Crippen molar-refractivity contribution in [2.45, 2.75) is 114 Å². The lowest BCUT2D eigenvalue weighted by Crippen LogP contribution is -2.53. The first-order valence-corrected chi connectivity index (χ1v) is 22.6. The van der Waals surface area contributed by atoms with Crippen molar-refractivity contribution in [2.24, 2.45) is 5.73 Å². The number of halogens is 2. The predicted octanol–water partition coefficient (Wildman–Crippen LogP) is 5.49. The van der Waals surface area contributed by atoms with Crippen LogP contribution in [0.25, 0.3) is 10.9 Å². The minimum atomic E-state index is -0.793. The third-order valence-corrected chi connectivity index (χ3v) is 13.9. The Morgan fingerprint density at radius 2 is 1.75 bits per heavy atom. The first-order chi connectivity index (χ1) is 30.7. The molecule has 64 heavy (non-hydrogen) atoms. The van der Waals surface area contributed by atoms with E-state index >= 15 is 4.39 Å². The number of benzene rings is 2. The van der Waals surface area contributed by atoms with E-state index < -0.39 is 30.5 Å². The normalized spacial score (nSPS) is 23.4. The van der Waals surface area contributed by atoms with Gasteiger partial charge in [0.25, 0.3) is 17.4 Å². The van der Waals surface area contributed by atoms with E-state index in [-0.39, 0.29) is 65.9 Å². The molecule has 1 saturated carbocycles. The number of amides is 4. The topological polar surface area (TPSA) is 194 Å². The first-order valence-electron chi connectivity index (χ1n) is 22.3. The number of piperidine rings is 3. The average molecular weight is 898 g/mol. The molecule has 9 rings (SSSR count). The largest absolute Gasteiger partial charge is 0.478 e. The van der Waals surface area contributed by atoms with E-state index in [1.807, 2.05) is 32.0 Å². The van der Waals surface area contributed by atoms with E-state index in [9.17, 15) is 24.0 Å². The van der Waals surface area contributed by atoms with E-state index in [4.69, 9.17) is 31.8 Å². The number of hydrogen-bond acceptors (Lipinski definition) is 12. The Bertz CT molecular complexity index is 2570. The number of fused-ring (bicyclic) bond motifs is 2. The molecule has 4 aromatic rings. The van der Waals surface area contributed by atoms with Gasteiger partial charge in [-0.2, -0.15) is 4.98 Å². The summed E-state index contributed by atoms with van der Waals surface area (Å²) in [6, 6.07) is 9.51. The van der Waals surface area contributed by atoms with E-state index in [1.165, 1.54) is 4.90 Å². The number of nitrogens with zero attached hydrogens (tertiary/aromatic N) is 6. The second kappa shape index (κ2) is 17.7. The molecule has 0 bridgehead atoms. The van der Waals surface area contributed by atoms with E-state index in [1.54, 1.807) is 35.9 Å². The van der Waals surface area contributed by atoms with Crippen LogP contribution < -0.4 is 31.6 Å². The number of imide groups is 1. The van der Waals surface area contributed by atoms with E-state index in [0.29, 0.717) is 56.1 Å². The Balaban J connectivity index is 0.751. The summed E-state index contributed by atoms with van der Waals surface area (Å²) in [6.45, 7) is 8.34. The molecule has 1 unspecified atom stereocenters. The molecule has 4 amide bonds. The minimum Gasteiger partial charge on any atom is -0.478 e. The lowest BCUT2D eigenvalue weighted by atomic mass is 9.82. The summed E-state index contributed by atoms with van der Waals surface area (Å²) in [5.41, 5.74) is 7.60. The van der Waals surface area contributed by atoms with Crippen LogP contribution in [-0.4, -0.2) is 105 Å². The molecule has 1 aliphatic carbocycles. The summed E-state index contributed by atoms with van der Waals surface area (Å²) in [5.74, 6) is -1.17. The van der Waals surface area contributed by atoms with Crippen LogP contribution in [0.15, 0.2) is 47.4 Å². The number of nitrogens with two attached hydrogens (primary N) is 1. The summed E-state index contributed by atoms with van der Waals surface area (Å²) in [6.07, 6.45) is 7.56. The number of primary amides is 1. The van der Waals surface area contributed by atoms with Crippen LogP contribution >= 0.6 is 11.6 Å². The van der Waals surface area contributed by atoms with Crippen LogP contribution in [0.4, 0.5) is 21.8 Å². The van der Waals surface area contributed by atoms with Crippen molar-refractivity contribution in [1.29, 1.82) is 0 Å². The van der Waals surface area contributed by atoms with Crippen molar-refractivity contribution in [1.82, 2.24) is 29.7 Å². The minimum absolute atomic E-state index is 0.0341. The standard InChI is InChI=1S/C46H53ClFN9O7/c1-24(2)56-35-7-4-28(18-27(35)19-37(45(56)62)63-23-38(49)58)51-42-34(47)22-50-46(53-42)55-16-12-30(13-17-55)64-31-20-29(21-31)54-14-10-26(11-15-54)32-5-6-33-40(41(32)48)25(3)57(44(33)61)36-8-9-39(59)52-43(36)60/h4-7,18-19,22,24-26,29-31,36H,8-17,20-21,23H2,1-3H3,(H2,49,58)(H,50,51,53)(H,52,59,60)/t25-,29-,31-,36?/m1/s1. The molecule has 4 aliphatic heterocycles. The highest BCUT2D eigenvalue weighted by Crippen LogP contribution is 2.43. The first kappa shape index (κ1) is 43.6. The van der Waals surface area contributed by atoms with Crippen LogP contribution in [-0.2, 0) is 19.1 Å². The van der Waals surface area contributed by atoms with Gasteiger partial charge < -0.3 is 39.8 Å². The number of rotatable bonds is 12. The average Bonchev–Trinajstić information content (AvgIpc) is 3.51. The van der Waals surface area contributed by atoms with Gasteiger partial charge in [0.2, 0.25) is 17.8 Å². The molecule has 3 saturated heterocycles. The van der Waals surface area contributed by atoms with Crippen LogP contribution in [0.1, 0.15) is 112 Å². The quantitative estimate of drug-likeness (QED) is 0.152. The van der Waals surface area contributed by atoms with Crippen LogP contribution in [0.2, 0.25) is 5.02 Å². The number of hydrogen-bond donors (Lipinski definition) is 3. The van der Waals surface area contributed by atoms with Crippen molar-refractivity contribution in [3.63, 3.8) is 0 Å². The number of nitrogens with one attached hydrogen (secondary N) is 2. The zero-order chi connectivity index (χ0) is 45.0. The molecule has 4 fully saturated rings. The van der Waals surface area contributed by atoms with Crippen molar-refractivity contribution in [3.8, 4) is 5.75 Å². The predicted molar refractivity (Wildman–Crippen MR) is 237 cm³/mol. The maximum Gasteiger partial charge on any atom is 0.293 e. The molecule has 4 N–H and O–H groups in total. The number of carbonyl (C=O) groups excluding carboxylic acids is 4. The summed E-state index contributed by atoms with van der Waals surface area (Å²) in [5, 5.41) is 6.70. The molecule has 16 nitrogen and oxygen atoms in total. The maximum absolute atomic E-state index is 16.2. The van der Waals surface area contributed by atoms with Gasteiger partial charge in [0.05, 0.1) is 30.0 Å². The molecule has 338 valence electrons. The van der Waals surface area contributed by atoms with Crippen molar-refractivity contribution >= 4 is 63.6 Å². The number of pyridine rings is 1. The van der Waals surface area contributed by atoms with Gasteiger partial charge in [-0.3, -0.25) is 29.3 Å². The highest BCUT2D eigenvalue weighted by atomic mass is 35.5. The van der Waals surface area contributed by atoms with E-state index in [2.05, 4.69) is 25.4 Å². The van der Waals surface area contributed by atoms with Crippen LogP contribution in [0.3, 0.4) is 0 Å². The summed E-state index contributed by atoms with van der Waals surface area (Å²) < 4.78 is 29.9. The molecular formula is C46H53ClFN9O7. The Kier molecular flexibility index (Phi) is 12.1. The second-order valence-electron chi connectivity index (χ2n) is 18.0. The van der Waals surface area contributed by atoms with Gasteiger partial charge in [-0.1, -0.05) is 17.7 Å². The lowest BCUT2D eigenvalue weighted by molar-refractivity contribution is -0.137. The third-order valence-electron chi connectivity index (χ3n) is 13.6. The fraction of sp³-hybridized carbons (Fsp3) is 0.500. The molecule has 6 heterocycles. The highest BCUT2D eigenvalue weighted by molar-refractivity contribution is 6.33. The Hall–Kier alpha value is -5.65. The highest BCUT2D eigenvalue weighted by Gasteiger charge is 2.45. The zero-order valence-electron chi connectivity index (χ0n) is 36.1. The number of carbonyl (C=O) groups is 4. The van der Waals surface area contributed by atoms with Crippen molar-refractivity contribution in [3.05, 3.63) is 80.5 Å². The summed E-state index contributed by atoms with van der Waals surface area (Å²) in [4.78, 5) is 77.6. The number of aromatic nitrogens is 3. The molecule has 18 heteroatoms. The van der Waals surface area contributed by atoms with Gasteiger partial charge in [0.1, 0.15) is 16.9 Å². The van der Waals surface area contributed by atoms with Crippen molar-refractivity contribution < 1.29 is 33.0 Å². The lowest BCUT2D eigenvalue weighted by Gasteiger charge is -2.47. The SMILES string of the molecule is CC(C)n1c(=O)c(OCC(N)=O)cc2cc(Nc3nc(N4CCC(O[C@H]5C[C@H](N6CCC(c7ccc8c(c7F)[C@@H](C)N(C7CCC(=O)NC7=O)C8=O)CC6)C5)CC4)ncc3Cl)ccc21. The summed E-state index contributed by atoms with van der Waals surface area (Å²) >= 11 is 6.58. The van der Waals surface area contributed by atoms with Gasteiger partial charge in [-0.25, -0.2) is 9.37 Å². The number of likely N-dealkylation sites (tertiary alicyclic amines) is 1. The van der Waals surface area contributed by atoms with Crippen molar-refractivity contribution in [2.75, 3.05) is 43.0 Å². The number of ether oxygens (including phenoxy) is 2. The smallest absolute Gasteiger partial charge is 0.293 e. The Labute approximate surface area is 374 Å². The molecule has 5 aliphatic rings. The number of anilines is 3. The second-order valence-corrected chi connectivity index (χ2v) is 18.4. The van der Waals surface area contributed by atoms with E-state index in [0.717, 1.165) is 64.7 Å². The van der Waals surface area contributed by atoms with Gasteiger partial charge in [-0.15, -0.1) is 0 Å². The molecule has 2 aromatic heterocycles. The van der Waals surface area contributed by atoms with Crippen LogP contribution in [0, 0.1) is 5.82 Å². The van der Waals surface area contributed by atoms with Gasteiger partial charge in [0.15, 0.2) is 18.2 Å². The zero-order valence-corrected chi connectivity index (χ0v) is 36.9. The molecular weight excluding hydrogens is 845 g/mol. The Morgan fingerprint density at radius 3 is 2.45 bits per heavy atom. The van der Waals surface area contributed by atoms with Gasteiger partial charge in [0, 0.05) is 53.8 Å². The Morgan fingerprint density at radius 1 is 1.00 bits per heavy atom. The summed E-state index contributed by atoms with van der Waals surface area (Å²) in [7, 11) is 0. The monoisotopic (exact) mass is 897 g/mol. The molecule has 0 spiro atoms. The maximum atomic E-state index is 16.2. The fourth-order valence-electron chi connectivity index (χ4n) is 10.2. The molecule has 2 aromatic carbocycles. The fourth-order valence-corrected chi connectivity index (χ4v) is 10.4. The molecule has 0 radical (unpaired) electrons.